The number of hydrogen-bond donors (Lipinski definition) is 2. The number of aliphatic carboxylic acids is 2. The Morgan fingerprint density at radius 2 is 0.933 bits per heavy atom. The average molecular weight is 294 g/mol. The first-order chi connectivity index (χ1) is 5.89. The van der Waals surface area contributed by atoms with Gasteiger partial charge in [-0.3, -0.25) is 0 Å². The van der Waals surface area contributed by atoms with Gasteiger partial charge in [-0.15, -0.1) is 0 Å². The van der Waals surface area contributed by atoms with Gasteiger partial charge in [-0.05, 0) is 27.7 Å². The molecule has 0 heterocycles. The maximum atomic E-state index is 9.66. The van der Waals surface area contributed by atoms with Crippen molar-refractivity contribution in [3.8, 4) is 0 Å². The molecule has 0 amide bonds. The summed E-state index contributed by atoms with van der Waals surface area (Å²) < 4.78 is 0. The number of carboxylic acids is 2. The van der Waals surface area contributed by atoms with Gasteiger partial charge >= 0.3 is 45.5 Å². The Morgan fingerprint density at radius 3 is 0.933 bits per heavy atom. The first-order valence-electron chi connectivity index (χ1n) is 3.76. The van der Waals surface area contributed by atoms with Crippen LogP contribution in [0.3, 0.4) is 0 Å². The molecule has 6 nitrogen and oxygen atoms in total. The summed E-state index contributed by atoms with van der Waals surface area (Å²) in [6, 6.07) is 0. The molecule has 0 unspecified atom stereocenters. The van der Waals surface area contributed by atoms with Crippen molar-refractivity contribution in [3.63, 3.8) is 0 Å². The van der Waals surface area contributed by atoms with E-state index in [2.05, 4.69) is 0 Å². The van der Waals surface area contributed by atoms with Crippen molar-refractivity contribution in [1.82, 2.24) is 0 Å². The predicted octanol–water partition coefficient (Wildman–Crippen LogP) is -3.37. The van der Waals surface area contributed by atoms with E-state index in [-0.39, 0.29) is 45.5 Å². The summed E-state index contributed by atoms with van der Waals surface area (Å²) in [5.74, 6) is -2.90. The fourth-order valence-corrected chi connectivity index (χ4v) is 0. The van der Waals surface area contributed by atoms with Gasteiger partial charge in [0.05, 0.1) is 23.1 Å². The number of carboxylic acid groups (broad SMARTS) is 2. The van der Waals surface area contributed by atoms with Crippen LogP contribution < -0.4 is 10.2 Å². The van der Waals surface area contributed by atoms with E-state index in [9.17, 15) is 19.8 Å². The van der Waals surface area contributed by atoms with E-state index in [0.717, 1.165) is 27.7 Å². The molecular weight excluding hydrogens is 280 g/mol. The minimum atomic E-state index is -1.69. The summed E-state index contributed by atoms with van der Waals surface area (Å²) >= 11 is 0. The van der Waals surface area contributed by atoms with Crippen molar-refractivity contribution >= 4 is 57.4 Å². The molecule has 0 aliphatic rings. The molecule has 0 spiro atoms. The number of hydrogen-bond acceptors (Lipinski definition) is 6. The second-order valence-corrected chi connectivity index (χ2v) is 3.69. The standard InChI is InChI=1S/2C4H8O3.Sr/c2*1-4(2,7)3(5)6;/h2*7H,1-2H3,(H,5,6);/q;;+2/p-2. The number of rotatable bonds is 2. The maximum absolute atomic E-state index is 9.66. The first-order valence-corrected chi connectivity index (χ1v) is 3.76. The molecule has 0 aliphatic carbocycles. The second-order valence-electron chi connectivity index (χ2n) is 3.69. The molecule has 0 aromatic heterocycles. The molecule has 0 fully saturated rings. The zero-order chi connectivity index (χ0) is 12.2. The third-order valence-corrected chi connectivity index (χ3v) is 0.999. The molecule has 0 aromatic carbocycles. The van der Waals surface area contributed by atoms with Crippen LogP contribution in [-0.2, 0) is 9.59 Å². The Morgan fingerprint density at radius 1 is 0.867 bits per heavy atom. The number of carbonyl (C=O) groups is 2. The van der Waals surface area contributed by atoms with Crippen molar-refractivity contribution in [2.45, 2.75) is 38.9 Å². The van der Waals surface area contributed by atoms with Crippen LogP contribution in [0.4, 0.5) is 0 Å². The van der Waals surface area contributed by atoms with Gasteiger partial charge in [0.2, 0.25) is 0 Å². The first kappa shape index (κ1) is 20.7. The van der Waals surface area contributed by atoms with Crippen molar-refractivity contribution < 1.29 is 30.0 Å². The zero-order valence-electron chi connectivity index (χ0n) is 9.23. The molecule has 0 bridgehead atoms. The number of aliphatic hydroxyl groups is 2. The van der Waals surface area contributed by atoms with Gasteiger partial charge in [-0.25, -0.2) is 0 Å². The third kappa shape index (κ3) is 14.3. The molecule has 15 heavy (non-hydrogen) atoms. The van der Waals surface area contributed by atoms with E-state index in [0.29, 0.717) is 0 Å². The van der Waals surface area contributed by atoms with Gasteiger partial charge in [-0.2, -0.15) is 0 Å². The van der Waals surface area contributed by atoms with E-state index >= 15 is 0 Å². The van der Waals surface area contributed by atoms with E-state index in [1.807, 2.05) is 0 Å². The predicted molar refractivity (Wildman–Crippen MR) is 48.4 cm³/mol. The molecule has 0 atom stereocenters. The fraction of sp³-hybridized carbons (Fsp3) is 0.750. The van der Waals surface area contributed by atoms with Gasteiger partial charge in [0.15, 0.2) is 0 Å². The summed E-state index contributed by atoms with van der Waals surface area (Å²) in [5.41, 5.74) is -3.39. The Kier molecular flexibility index (Phi) is 10.5. The summed E-state index contributed by atoms with van der Waals surface area (Å²) in [6.07, 6.45) is 0. The van der Waals surface area contributed by atoms with Crippen LogP contribution in [-0.4, -0.2) is 78.8 Å². The van der Waals surface area contributed by atoms with Gasteiger partial charge in [-0.1, -0.05) is 0 Å². The Hall–Kier alpha value is 0.341. The van der Waals surface area contributed by atoms with Gasteiger partial charge < -0.3 is 30.0 Å². The SMILES string of the molecule is CC(C)(O)C(=O)[O-].CC(C)(O)C(=O)[O-].[Sr+2]. The Labute approximate surface area is 125 Å². The van der Waals surface area contributed by atoms with Gasteiger partial charge in [0.25, 0.3) is 0 Å². The molecule has 0 saturated carbocycles. The van der Waals surface area contributed by atoms with E-state index in [1.165, 1.54) is 0 Å². The van der Waals surface area contributed by atoms with Crippen molar-refractivity contribution in [2.24, 2.45) is 0 Å². The molecule has 2 N–H and O–H groups in total. The largest absolute Gasteiger partial charge is 2.00 e. The maximum Gasteiger partial charge on any atom is 2.00 e. The molecule has 7 heteroatoms. The smallest absolute Gasteiger partial charge is 0.547 e. The molecule has 0 radical (unpaired) electrons. The summed E-state index contributed by atoms with van der Waals surface area (Å²) in [6.45, 7) is 4.62. The Bertz CT molecular complexity index is 188. The molecular formula is C8H14O6Sr. The van der Waals surface area contributed by atoms with Crippen molar-refractivity contribution in [1.29, 1.82) is 0 Å². The number of carbonyl (C=O) groups excluding carboxylic acids is 2. The third-order valence-electron chi connectivity index (χ3n) is 0.999. The fourth-order valence-electron chi connectivity index (χ4n) is 0. The summed E-state index contributed by atoms with van der Waals surface area (Å²) in [5, 5.41) is 36.2. The van der Waals surface area contributed by atoms with Gasteiger partial charge in [0, 0.05) is 0 Å². The minimum Gasteiger partial charge on any atom is -0.547 e. The second kappa shape index (κ2) is 7.59. The summed E-state index contributed by atoms with van der Waals surface area (Å²) in [4.78, 5) is 19.3. The molecule has 0 aromatic rings. The molecule has 0 saturated heterocycles. The van der Waals surface area contributed by atoms with Crippen LogP contribution in [0.2, 0.25) is 0 Å². The minimum absolute atomic E-state index is 0. The van der Waals surface area contributed by atoms with Crippen molar-refractivity contribution in [2.75, 3.05) is 0 Å². The quantitative estimate of drug-likeness (QED) is 0.513. The van der Waals surface area contributed by atoms with Crippen LogP contribution >= 0.6 is 0 Å². The summed E-state index contributed by atoms with van der Waals surface area (Å²) in [7, 11) is 0. The molecule has 0 rings (SSSR count). The zero-order valence-corrected chi connectivity index (χ0v) is 12.7. The molecule has 0 aliphatic heterocycles. The van der Waals surface area contributed by atoms with E-state index < -0.39 is 23.1 Å². The average Bonchev–Trinajstić information content (AvgIpc) is 1.83. The van der Waals surface area contributed by atoms with E-state index in [4.69, 9.17) is 10.2 Å². The van der Waals surface area contributed by atoms with Gasteiger partial charge in [0.1, 0.15) is 0 Å². The topological polar surface area (TPSA) is 121 Å². The van der Waals surface area contributed by atoms with Crippen LogP contribution in [0, 0.1) is 0 Å². The van der Waals surface area contributed by atoms with E-state index in [1.54, 1.807) is 0 Å². The van der Waals surface area contributed by atoms with Crippen LogP contribution in [0.25, 0.3) is 0 Å². The molecule has 84 valence electrons. The van der Waals surface area contributed by atoms with Crippen LogP contribution in [0.5, 0.6) is 0 Å². The van der Waals surface area contributed by atoms with Crippen molar-refractivity contribution in [3.05, 3.63) is 0 Å². The normalized spacial score (nSPS) is 10.5. The Balaban J connectivity index is -0.000000180. The van der Waals surface area contributed by atoms with Crippen LogP contribution in [0.1, 0.15) is 27.7 Å². The monoisotopic (exact) mass is 294 g/mol. The van der Waals surface area contributed by atoms with Crippen LogP contribution in [0.15, 0.2) is 0 Å².